The molecule has 0 radical (unpaired) electrons. The van der Waals surface area contributed by atoms with Crippen LogP contribution in [0.25, 0.3) is 0 Å². The fourth-order valence-electron chi connectivity index (χ4n) is 2.64. The second kappa shape index (κ2) is 9.06. The second-order valence-electron chi connectivity index (χ2n) is 5.91. The van der Waals surface area contributed by atoms with Gasteiger partial charge in [0.2, 0.25) is 0 Å². The van der Waals surface area contributed by atoms with Crippen molar-refractivity contribution in [3.8, 4) is 5.75 Å². The molecule has 1 aromatic carbocycles. The maximum atomic E-state index is 5.55. The molecule has 0 fully saturated rings. The van der Waals surface area contributed by atoms with E-state index in [-0.39, 0.29) is 0 Å². The summed E-state index contributed by atoms with van der Waals surface area (Å²) in [5.41, 5.74) is 2.61. The average Bonchev–Trinajstić information content (AvgIpc) is 2.46. The molecule has 0 saturated heterocycles. The van der Waals surface area contributed by atoms with E-state index in [9.17, 15) is 0 Å². The predicted octanol–water partition coefficient (Wildman–Crippen LogP) is 3.99. The number of methoxy groups -OCH3 is 1. The molecule has 0 aliphatic heterocycles. The summed E-state index contributed by atoms with van der Waals surface area (Å²) < 4.78 is 5.55. The molecule has 1 atom stereocenters. The lowest BCUT2D eigenvalue weighted by Crippen LogP contribution is -2.31. The number of benzene rings is 1. The zero-order valence-electron chi connectivity index (χ0n) is 14.6. The zero-order valence-corrected chi connectivity index (χ0v) is 14.6. The molecule has 0 aromatic heterocycles. The molecule has 0 amide bonds. The Balaban J connectivity index is 2.98. The molecule has 1 unspecified atom stereocenters. The van der Waals surface area contributed by atoms with Crippen molar-refractivity contribution < 1.29 is 4.74 Å². The summed E-state index contributed by atoms with van der Waals surface area (Å²) >= 11 is 0. The van der Waals surface area contributed by atoms with Gasteiger partial charge in [0.1, 0.15) is 5.75 Å². The van der Waals surface area contributed by atoms with Crippen molar-refractivity contribution in [3.05, 3.63) is 29.3 Å². The maximum Gasteiger partial charge on any atom is 0.123 e. The van der Waals surface area contributed by atoms with Crippen LogP contribution in [0.4, 0.5) is 0 Å². The minimum Gasteiger partial charge on any atom is -0.496 e. The van der Waals surface area contributed by atoms with Crippen molar-refractivity contribution in [2.45, 2.75) is 59.7 Å². The van der Waals surface area contributed by atoms with Crippen molar-refractivity contribution >= 4 is 0 Å². The van der Waals surface area contributed by atoms with Crippen LogP contribution in [0.15, 0.2) is 18.2 Å². The molecule has 0 bridgehead atoms. The monoisotopic (exact) mass is 292 g/mol. The van der Waals surface area contributed by atoms with E-state index in [2.05, 4.69) is 63.0 Å². The van der Waals surface area contributed by atoms with Crippen LogP contribution in [-0.4, -0.2) is 31.1 Å². The van der Waals surface area contributed by atoms with Gasteiger partial charge in [-0.25, -0.2) is 0 Å². The Morgan fingerprint density at radius 2 is 1.90 bits per heavy atom. The smallest absolute Gasteiger partial charge is 0.123 e. The Morgan fingerprint density at radius 3 is 2.43 bits per heavy atom. The summed E-state index contributed by atoms with van der Waals surface area (Å²) in [6.45, 7) is 14.1. The summed E-state index contributed by atoms with van der Waals surface area (Å²) in [6.07, 6.45) is 1.17. The Kier molecular flexibility index (Phi) is 7.76. The molecule has 0 aliphatic carbocycles. The number of nitrogens with one attached hydrogen (secondary N) is 1. The van der Waals surface area contributed by atoms with E-state index in [0.717, 1.165) is 25.4 Å². The Bertz CT molecular complexity index is 418. The molecule has 21 heavy (non-hydrogen) atoms. The summed E-state index contributed by atoms with van der Waals surface area (Å²) in [4.78, 5) is 2.50. The van der Waals surface area contributed by atoms with Gasteiger partial charge < -0.3 is 10.1 Å². The van der Waals surface area contributed by atoms with Crippen molar-refractivity contribution in [1.82, 2.24) is 10.2 Å². The summed E-state index contributed by atoms with van der Waals surface area (Å²) in [6, 6.07) is 7.47. The number of ether oxygens (including phenoxy) is 1. The fraction of sp³-hybridized carbons (Fsp3) is 0.667. The van der Waals surface area contributed by atoms with Crippen LogP contribution in [0.1, 0.15) is 58.2 Å². The lowest BCUT2D eigenvalue weighted by molar-refractivity contribution is 0.210. The highest BCUT2D eigenvalue weighted by Gasteiger charge is 2.14. The number of hydrogen-bond donors (Lipinski definition) is 1. The molecule has 120 valence electrons. The Hall–Kier alpha value is -1.06. The molecule has 1 N–H and O–H groups in total. The number of nitrogens with zero attached hydrogens (tertiary/aromatic N) is 1. The van der Waals surface area contributed by atoms with Crippen LogP contribution in [0.2, 0.25) is 0 Å². The van der Waals surface area contributed by atoms with E-state index in [1.54, 1.807) is 7.11 Å². The van der Waals surface area contributed by atoms with Crippen LogP contribution < -0.4 is 10.1 Å². The van der Waals surface area contributed by atoms with Gasteiger partial charge in [-0.2, -0.15) is 0 Å². The van der Waals surface area contributed by atoms with E-state index in [0.29, 0.717) is 12.1 Å². The Labute approximate surface area is 130 Å². The second-order valence-corrected chi connectivity index (χ2v) is 5.91. The quantitative estimate of drug-likeness (QED) is 0.745. The maximum absolute atomic E-state index is 5.55. The van der Waals surface area contributed by atoms with Crippen LogP contribution in [0.3, 0.4) is 0 Å². The SMILES string of the molecule is CCCN(Cc1cc(C(C)NCC)ccc1OC)C(C)C. The zero-order chi connectivity index (χ0) is 15.8. The third-order valence-corrected chi connectivity index (χ3v) is 3.93. The van der Waals surface area contributed by atoms with Crippen molar-refractivity contribution in [3.63, 3.8) is 0 Å². The topological polar surface area (TPSA) is 24.5 Å². The van der Waals surface area contributed by atoms with Crippen LogP contribution in [0, 0.1) is 0 Å². The van der Waals surface area contributed by atoms with Crippen LogP contribution in [-0.2, 0) is 6.54 Å². The van der Waals surface area contributed by atoms with Gasteiger partial charge in [0.05, 0.1) is 7.11 Å². The fourth-order valence-corrected chi connectivity index (χ4v) is 2.64. The van der Waals surface area contributed by atoms with Crippen LogP contribution >= 0.6 is 0 Å². The molecule has 3 heteroatoms. The van der Waals surface area contributed by atoms with Crippen molar-refractivity contribution in [1.29, 1.82) is 0 Å². The lowest BCUT2D eigenvalue weighted by atomic mass is 10.0. The van der Waals surface area contributed by atoms with E-state index >= 15 is 0 Å². The van der Waals surface area contributed by atoms with Gasteiger partial charge in [-0.15, -0.1) is 0 Å². The first-order valence-electron chi connectivity index (χ1n) is 8.17. The van der Waals surface area contributed by atoms with E-state index < -0.39 is 0 Å². The molecular formula is C18H32N2O. The van der Waals surface area contributed by atoms with Gasteiger partial charge in [0.15, 0.2) is 0 Å². The summed E-state index contributed by atoms with van der Waals surface area (Å²) in [7, 11) is 1.76. The first-order valence-corrected chi connectivity index (χ1v) is 8.17. The molecular weight excluding hydrogens is 260 g/mol. The molecule has 1 rings (SSSR count). The highest BCUT2D eigenvalue weighted by Crippen LogP contribution is 2.25. The van der Waals surface area contributed by atoms with Gasteiger partial charge in [0.25, 0.3) is 0 Å². The third-order valence-electron chi connectivity index (χ3n) is 3.93. The average molecular weight is 292 g/mol. The number of hydrogen-bond acceptors (Lipinski definition) is 3. The normalized spacial score (nSPS) is 13.0. The minimum absolute atomic E-state index is 0.373. The largest absolute Gasteiger partial charge is 0.496 e. The highest BCUT2D eigenvalue weighted by atomic mass is 16.5. The van der Waals surface area contributed by atoms with Gasteiger partial charge in [0, 0.05) is 24.2 Å². The molecule has 0 aliphatic rings. The summed E-state index contributed by atoms with van der Waals surface area (Å²) in [5, 5.41) is 3.47. The standard InChI is InChI=1S/C18H32N2O/c1-7-11-20(14(3)4)13-17-12-16(15(5)19-8-2)9-10-18(17)21-6/h9-10,12,14-15,19H,7-8,11,13H2,1-6H3. The minimum atomic E-state index is 0.373. The molecule has 1 aromatic rings. The first kappa shape index (κ1) is 18.0. The lowest BCUT2D eigenvalue weighted by Gasteiger charge is -2.27. The van der Waals surface area contributed by atoms with Crippen molar-refractivity contribution in [2.24, 2.45) is 0 Å². The Morgan fingerprint density at radius 1 is 1.19 bits per heavy atom. The first-order chi connectivity index (χ1) is 10.0. The highest BCUT2D eigenvalue weighted by molar-refractivity contribution is 5.38. The molecule has 0 saturated carbocycles. The van der Waals surface area contributed by atoms with E-state index in [1.165, 1.54) is 17.5 Å². The van der Waals surface area contributed by atoms with Gasteiger partial charge in [-0.1, -0.05) is 19.9 Å². The number of rotatable bonds is 9. The van der Waals surface area contributed by atoms with Gasteiger partial charge in [-0.3, -0.25) is 4.90 Å². The predicted molar refractivity (Wildman–Crippen MR) is 90.9 cm³/mol. The summed E-state index contributed by atoms with van der Waals surface area (Å²) in [5.74, 6) is 0.990. The third kappa shape index (κ3) is 5.33. The molecule has 3 nitrogen and oxygen atoms in total. The molecule has 0 heterocycles. The van der Waals surface area contributed by atoms with Crippen molar-refractivity contribution in [2.75, 3.05) is 20.2 Å². The molecule has 0 spiro atoms. The van der Waals surface area contributed by atoms with Gasteiger partial charge in [-0.05, 0) is 58.0 Å². The van der Waals surface area contributed by atoms with Crippen LogP contribution in [0.5, 0.6) is 5.75 Å². The van der Waals surface area contributed by atoms with Gasteiger partial charge >= 0.3 is 0 Å². The van der Waals surface area contributed by atoms with E-state index in [1.807, 2.05) is 0 Å². The van der Waals surface area contributed by atoms with E-state index in [4.69, 9.17) is 4.74 Å².